The molecule has 0 bridgehead atoms. The standard InChI is InChI=1S/C28H29N3O5/c1-17-18(2)31-14-13-21-24(27(31)29-17)30-23(19-9-5-4-6-10-19)26(25(21)35-16-15-34-3)36-28(33)20-11-7-8-12-22(20)32/h4-14,23,25-26,30,32H,15-16H2,1-3H3/t23-,25-,26-/m1/s1. The Kier molecular flexibility index (Phi) is 6.63. The molecule has 3 atom stereocenters. The van der Waals surface area contributed by atoms with E-state index >= 15 is 0 Å². The Balaban J connectivity index is 1.64. The van der Waals surface area contributed by atoms with E-state index < -0.39 is 24.2 Å². The van der Waals surface area contributed by atoms with Crippen molar-refractivity contribution in [3.63, 3.8) is 0 Å². The number of carbonyl (C=O) groups is 1. The quantitative estimate of drug-likeness (QED) is 0.287. The average molecular weight is 488 g/mol. The van der Waals surface area contributed by atoms with Crippen molar-refractivity contribution in [3.05, 3.63) is 94.9 Å². The van der Waals surface area contributed by atoms with Gasteiger partial charge in [0.05, 0.1) is 30.6 Å². The fourth-order valence-electron chi connectivity index (χ4n) is 4.67. The normalized spacial score (nSPS) is 19.0. The molecule has 0 spiro atoms. The van der Waals surface area contributed by atoms with E-state index in [2.05, 4.69) is 5.32 Å². The third-order valence-corrected chi connectivity index (χ3v) is 6.65. The van der Waals surface area contributed by atoms with E-state index in [0.717, 1.165) is 33.8 Å². The average Bonchev–Trinajstić information content (AvgIpc) is 3.19. The number of rotatable bonds is 7. The number of imidazole rings is 1. The maximum atomic E-state index is 13.3. The molecule has 5 rings (SSSR count). The lowest BCUT2D eigenvalue weighted by molar-refractivity contribution is -0.0742. The van der Waals surface area contributed by atoms with Crippen LogP contribution in [0.25, 0.3) is 5.65 Å². The van der Waals surface area contributed by atoms with Gasteiger partial charge in [0.2, 0.25) is 0 Å². The van der Waals surface area contributed by atoms with Gasteiger partial charge < -0.3 is 29.0 Å². The fraction of sp³-hybridized carbons (Fsp3) is 0.286. The zero-order valence-corrected chi connectivity index (χ0v) is 20.5. The van der Waals surface area contributed by atoms with Crippen LogP contribution in [0.5, 0.6) is 5.75 Å². The minimum atomic E-state index is -0.733. The number of aromatic nitrogens is 2. The number of ether oxygens (including phenoxy) is 3. The van der Waals surface area contributed by atoms with Crippen LogP contribution in [0.3, 0.4) is 0 Å². The Morgan fingerprint density at radius 1 is 1.06 bits per heavy atom. The van der Waals surface area contributed by atoms with Gasteiger partial charge in [-0.15, -0.1) is 0 Å². The van der Waals surface area contributed by atoms with Crippen LogP contribution in [0.1, 0.15) is 45.0 Å². The molecule has 186 valence electrons. The molecule has 8 nitrogen and oxygen atoms in total. The van der Waals surface area contributed by atoms with Crippen molar-refractivity contribution in [1.29, 1.82) is 0 Å². The summed E-state index contributed by atoms with van der Waals surface area (Å²) >= 11 is 0. The Bertz CT molecular complexity index is 1380. The van der Waals surface area contributed by atoms with E-state index in [-0.39, 0.29) is 11.3 Å². The molecule has 1 aliphatic rings. The summed E-state index contributed by atoms with van der Waals surface area (Å²) in [4.78, 5) is 18.1. The van der Waals surface area contributed by atoms with Gasteiger partial charge in [0, 0.05) is 24.6 Å². The lowest BCUT2D eigenvalue weighted by Crippen LogP contribution is -2.41. The van der Waals surface area contributed by atoms with Gasteiger partial charge in [-0.1, -0.05) is 42.5 Å². The largest absolute Gasteiger partial charge is 0.507 e. The van der Waals surface area contributed by atoms with Crippen molar-refractivity contribution >= 4 is 17.3 Å². The highest BCUT2D eigenvalue weighted by molar-refractivity contribution is 5.92. The third kappa shape index (κ3) is 4.29. The van der Waals surface area contributed by atoms with Gasteiger partial charge in [-0.3, -0.25) is 0 Å². The number of nitrogens with one attached hydrogen (secondary N) is 1. The molecule has 2 aromatic heterocycles. The highest BCUT2D eigenvalue weighted by Crippen LogP contribution is 2.45. The van der Waals surface area contributed by atoms with Crippen molar-refractivity contribution in [3.8, 4) is 5.75 Å². The van der Waals surface area contributed by atoms with E-state index in [4.69, 9.17) is 19.2 Å². The van der Waals surface area contributed by atoms with Crippen LogP contribution in [-0.4, -0.2) is 46.9 Å². The van der Waals surface area contributed by atoms with Crippen LogP contribution in [0.15, 0.2) is 66.9 Å². The molecule has 0 amide bonds. The van der Waals surface area contributed by atoms with Gasteiger partial charge in [0.1, 0.15) is 17.4 Å². The number of hydrogen-bond donors (Lipinski definition) is 2. The van der Waals surface area contributed by atoms with Gasteiger partial charge >= 0.3 is 5.97 Å². The maximum absolute atomic E-state index is 13.3. The van der Waals surface area contributed by atoms with Gasteiger partial charge in [-0.2, -0.15) is 0 Å². The minimum absolute atomic E-state index is 0.0979. The van der Waals surface area contributed by atoms with Crippen LogP contribution in [-0.2, 0) is 14.2 Å². The molecular weight excluding hydrogens is 458 g/mol. The molecule has 2 N–H and O–H groups in total. The molecule has 8 heteroatoms. The SMILES string of the molecule is COCCO[C@@H]1c2ccn3c(C)c(C)nc3c2N[C@H](c2ccccc2)[C@H]1OC(=O)c1ccccc1O. The zero-order chi connectivity index (χ0) is 25.2. The number of benzene rings is 2. The topological polar surface area (TPSA) is 94.3 Å². The first-order valence-electron chi connectivity index (χ1n) is 11.9. The number of aromatic hydroxyl groups is 1. The first-order valence-corrected chi connectivity index (χ1v) is 11.9. The predicted octanol–water partition coefficient (Wildman–Crippen LogP) is 4.75. The molecular formula is C28H29N3O5. The van der Waals surface area contributed by atoms with E-state index in [0.29, 0.717) is 13.2 Å². The number of methoxy groups -OCH3 is 1. The Hall–Kier alpha value is -3.88. The molecule has 4 aromatic rings. The number of para-hydroxylation sites is 1. The molecule has 0 saturated heterocycles. The zero-order valence-electron chi connectivity index (χ0n) is 20.5. The number of fused-ring (bicyclic) bond motifs is 3. The van der Waals surface area contributed by atoms with Crippen LogP contribution in [0, 0.1) is 13.8 Å². The number of esters is 1. The van der Waals surface area contributed by atoms with Gasteiger partial charge in [-0.05, 0) is 37.6 Å². The Morgan fingerprint density at radius 2 is 1.81 bits per heavy atom. The summed E-state index contributed by atoms with van der Waals surface area (Å²) in [5.41, 5.74) is 5.48. The molecule has 0 radical (unpaired) electrons. The third-order valence-electron chi connectivity index (χ3n) is 6.65. The lowest BCUT2D eigenvalue weighted by Gasteiger charge is -2.40. The van der Waals surface area contributed by atoms with Crippen molar-refractivity contribution in [2.24, 2.45) is 0 Å². The van der Waals surface area contributed by atoms with Crippen LogP contribution >= 0.6 is 0 Å². The smallest absolute Gasteiger partial charge is 0.342 e. The van der Waals surface area contributed by atoms with E-state index in [1.165, 1.54) is 6.07 Å². The highest BCUT2D eigenvalue weighted by Gasteiger charge is 2.42. The first kappa shape index (κ1) is 23.8. The summed E-state index contributed by atoms with van der Waals surface area (Å²) in [6, 6.07) is 17.7. The highest BCUT2D eigenvalue weighted by atomic mass is 16.6. The minimum Gasteiger partial charge on any atom is -0.507 e. The lowest BCUT2D eigenvalue weighted by atomic mass is 9.88. The predicted molar refractivity (Wildman–Crippen MR) is 135 cm³/mol. The number of hydrogen-bond acceptors (Lipinski definition) is 7. The monoisotopic (exact) mass is 487 g/mol. The molecule has 0 saturated carbocycles. The van der Waals surface area contributed by atoms with Gasteiger partial charge in [0.25, 0.3) is 0 Å². The van der Waals surface area contributed by atoms with E-state index in [9.17, 15) is 9.90 Å². The van der Waals surface area contributed by atoms with Crippen LogP contribution in [0.4, 0.5) is 5.69 Å². The molecule has 3 heterocycles. The summed E-state index contributed by atoms with van der Waals surface area (Å²) < 4.78 is 19.7. The molecule has 36 heavy (non-hydrogen) atoms. The van der Waals surface area contributed by atoms with Gasteiger partial charge in [-0.25, -0.2) is 9.78 Å². The summed E-state index contributed by atoms with van der Waals surface area (Å²) in [7, 11) is 1.61. The van der Waals surface area contributed by atoms with Crippen molar-refractivity contribution in [2.45, 2.75) is 32.1 Å². The Labute approximate surface area is 209 Å². The number of anilines is 1. The number of aryl methyl sites for hydroxylation is 2. The summed E-state index contributed by atoms with van der Waals surface area (Å²) in [5, 5.41) is 13.9. The molecule has 1 aliphatic heterocycles. The van der Waals surface area contributed by atoms with Gasteiger partial charge in [0.15, 0.2) is 11.8 Å². The summed E-state index contributed by atoms with van der Waals surface area (Å²) in [5.74, 6) is -0.761. The summed E-state index contributed by atoms with van der Waals surface area (Å²) in [6.45, 7) is 4.71. The second-order valence-electron chi connectivity index (χ2n) is 8.83. The number of nitrogens with zero attached hydrogens (tertiary/aromatic N) is 2. The Morgan fingerprint density at radius 3 is 2.56 bits per heavy atom. The summed E-state index contributed by atoms with van der Waals surface area (Å²) in [6.07, 6.45) is 0.630. The molecule has 2 aromatic carbocycles. The van der Waals surface area contributed by atoms with Crippen LogP contribution < -0.4 is 5.32 Å². The molecule has 0 aliphatic carbocycles. The van der Waals surface area contributed by atoms with Crippen molar-refractivity contribution in [2.75, 3.05) is 25.6 Å². The number of pyridine rings is 1. The number of carbonyl (C=O) groups excluding carboxylic acids is 1. The van der Waals surface area contributed by atoms with Crippen molar-refractivity contribution in [1.82, 2.24) is 9.38 Å². The maximum Gasteiger partial charge on any atom is 0.342 e. The number of phenolic OH excluding ortho intramolecular Hbond substituents is 1. The van der Waals surface area contributed by atoms with E-state index in [1.807, 2.05) is 60.8 Å². The number of phenols is 1. The van der Waals surface area contributed by atoms with Crippen molar-refractivity contribution < 1.29 is 24.1 Å². The first-order chi connectivity index (χ1) is 17.5. The molecule has 0 unspecified atom stereocenters. The second-order valence-corrected chi connectivity index (χ2v) is 8.83. The second kappa shape index (κ2) is 10.0. The van der Waals surface area contributed by atoms with Crippen LogP contribution in [0.2, 0.25) is 0 Å². The molecule has 0 fully saturated rings. The fourth-order valence-corrected chi connectivity index (χ4v) is 4.67. The van der Waals surface area contributed by atoms with E-state index in [1.54, 1.807) is 25.3 Å².